The van der Waals surface area contributed by atoms with Gasteiger partial charge in [0.1, 0.15) is 23.2 Å². The van der Waals surface area contributed by atoms with E-state index in [1.54, 1.807) is 19.2 Å². The van der Waals surface area contributed by atoms with Gasteiger partial charge in [0.2, 0.25) is 11.1 Å². The third-order valence-electron chi connectivity index (χ3n) is 6.76. The van der Waals surface area contributed by atoms with E-state index in [4.69, 9.17) is 0 Å². The molecule has 0 bridgehead atoms. The van der Waals surface area contributed by atoms with Gasteiger partial charge in [-0.3, -0.25) is 19.3 Å². The molecule has 2 unspecified atom stereocenters. The van der Waals surface area contributed by atoms with Crippen LogP contribution in [-0.2, 0) is 31.6 Å². The molecule has 3 amide bonds. The molecule has 14 nitrogen and oxygen atoms in total. The highest BCUT2D eigenvalue weighted by atomic mass is 32.2. The van der Waals surface area contributed by atoms with Crippen LogP contribution in [0.2, 0.25) is 0 Å². The molecule has 3 heterocycles. The van der Waals surface area contributed by atoms with Crippen LogP contribution < -0.4 is 10.6 Å². The average molecular weight is 618 g/mol. The molecule has 2 aliphatic heterocycles. The van der Waals surface area contributed by atoms with Crippen molar-refractivity contribution in [3.63, 3.8) is 0 Å². The lowest BCUT2D eigenvalue weighted by molar-refractivity contribution is -0.150. The number of aryl methyl sites for hydroxylation is 1. The number of rotatable bonds is 11. The minimum atomic E-state index is -1.28. The fourth-order valence-electron chi connectivity index (χ4n) is 4.42. The minimum Gasteiger partial charge on any atom is -0.480 e. The summed E-state index contributed by atoms with van der Waals surface area (Å²) in [7, 11) is 1.61. The molecule has 224 valence electrons. The highest BCUT2D eigenvalue weighted by Gasteiger charge is 2.54. The normalized spacial score (nSPS) is 19.0. The second-order valence-electron chi connectivity index (χ2n) is 10.8. The van der Waals surface area contributed by atoms with Crippen LogP contribution in [0.25, 0.3) is 0 Å². The zero-order valence-electron chi connectivity index (χ0n) is 23.4. The number of aliphatic carboxylic acids is 2. The summed E-state index contributed by atoms with van der Waals surface area (Å²) in [5, 5.41) is 35.4. The molecule has 2 aliphatic rings. The molecule has 1 saturated heterocycles. The first-order chi connectivity index (χ1) is 19.8. The molecule has 0 aliphatic carbocycles. The van der Waals surface area contributed by atoms with Crippen LogP contribution in [0.4, 0.5) is 0 Å². The molecule has 1 aromatic carbocycles. The molecule has 1 aromatic heterocycles. The van der Waals surface area contributed by atoms with Crippen molar-refractivity contribution >= 4 is 53.2 Å². The van der Waals surface area contributed by atoms with E-state index in [0.717, 1.165) is 22.2 Å². The number of tetrazole rings is 1. The van der Waals surface area contributed by atoms with Crippen molar-refractivity contribution in [2.75, 3.05) is 5.75 Å². The number of fused-ring (bicyclic) bond motifs is 1. The van der Waals surface area contributed by atoms with Crippen molar-refractivity contribution < 1.29 is 34.2 Å². The number of carboxylic acids is 2. The SMILES string of the molecule is Cn1nnnc1SC1=C(C(=O)O)N2C(=O)C(NC(=O)CCCC(NC(=O)c3ccc(C(C)(C)C)cc3)C(=O)O)[C@@H]2SC1. The largest absolute Gasteiger partial charge is 0.480 e. The first-order valence-corrected chi connectivity index (χ1v) is 14.9. The second-order valence-corrected chi connectivity index (χ2v) is 13.0. The lowest BCUT2D eigenvalue weighted by Crippen LogP contribution is -2.70. The molecule has 0 spiro atoms. The third-order valence-corrected chi connectivity index (χ3v) is 9.34. The smallest absolute Gasteiger partial charge is 0.353 e. The quantitative estimate of drug-likeness (QED) is 0.265. The molecule has 1 fully saturated rings. The number of thioether (sulfide) groups is 2. The number of hydrogen-bond donors (Lipinski definition) is 4. The first kappa shape index (κ1) is 31.0. The van der Waals surface area contributed by atoms with Gasteiger partial charge in [-0.2, -0.15) is 0 Å². The van der Waals surface area contributed by atoms with Gasteiger partial charge in [-0.05, 0) is 58.1 Å². The summed E-state index contributed by atoms with van der Waals surface area (Å²) in [6.07, 6.45) is 0.0607. The van der Waals surface area contributed by atoms with Gasteiger partial charge in [0.05, 0.1) is 0 Å². The van der Waals surface area contributed by atoms with Crippen LogP contribution in [0.1, 0.15) is 56.0 Å². The van der Waals surface area contributed by atoms with Crippen molar-refractivity contribution in [2.24, 2.45) is 7.05 Å². The Balaban J connectivity index is 1.29. The summed E-state index contributed by atoms with van der Waals surface area (Å²) in [4.78, 5) is 63.5. The van der Waals surface area contributed by atoms with Crippen LogP contribution in [-0.4, -0.2) is 88.2 Å². The van der Waals surface area contributed by atoms with E-state index in [-0.39, 0.29) is 36.1 Å². The van der Waals surface area contributed by atoms with E-state index < -0.39 is 47.1 Å². The van der Waals surface area contributed by atoms with E-state index >= 15 is 0 Å². The maximum atomic E-state index is 12.9. The van der Waals surface area contributed by atoms with Crippen molar-refractivity contribution in [1.82, 2.24) is 35.7 Å². The zero-order chi connectivity index (χ0) is 30.8. The van der Waals surface area contributed by atoms with E-state index in [1.165, 1.54) is 16.4 Å². The van der Waals surface area contributed by atoms with Crippen molar-refractivity contribution in [1.29, 1.82) is 0 Å². The number of carbonyl (C=O) groups is 5. The Kier molecular flexibility index (Phi) is 9.25. The summed E-state index contributed by atoms with van der Waals surface area (Å²) < 4.78 is 1.39. The van der Waals surface area contributed by atoms with Crippen LogP contribution in [0.3, 0.4) is 0 Å². The van der Waals surface area contributed by atoms with E-state index in [2.05, 4.69) is 26.2 Å². The predicted octanol–water partition coefficient (Wildman–Crippen LogP) is 1.35. The predicted molar refractivity (Wildman–Crippen MR) is 152 cm³/mol. The van der Waals surface area contributed by atoms with Gasteiger partial charge in [0.15, 0.2) is 0 Å². The van der Waals surface area contributed by atoms with Gasteiger partial charge < -0.3 is 20.8 Å². The topological polar surface area (TPSA) is 197 Å². The van der Waals surface area contributed by atoms with E-state index in [1.807, 2.05) is 32.9 Å². The number of hydrogen-bond acceptors (Lipinski definition) is 10. The summed E-state index contributed by atoms with van der Waals surface area (Å²) in [5.41, 5.74) is 1.10. The maximum Gasteiger partial charge on any atom is 0.353 e. The molecule has 4 rings (SSSR count). The third kappa shape index (κ3) is 6.75. The molecule has 0 saturated carbocycles. The molecule has 3 atom stereocenters. The van der Waals surface area contributed by atoms with Gasteiger partial charge >= 0.3 is 11.9 Å². The maximum absolute atomic E-state index is 12.9. The Bertz CT molecular complexity index is 1440. The molecule has 0 radical (unpaired) electrons. The number of carboxylic acid groups (broad SMARTS) is 2. The Labute approximate surface area is 249 Å². The van der Waals surface area contributed by atoms with Crippen LogP contribution in [0.5, 0.6) is 0 Å². The van der Waals surface area contributed by atoms with Crippen molar-refractivity contribution in [2.45, 2.75) is 68.1 Å². The molecule has 4 N–H and O–H groups in total. The molecule has 16 heteroatoms. The standard InChI is InChI=1S/C26H31N7O7S2/c1-26(2,3)14-10-8-13(9-11-14)20(35)27-15(23(37)38)6-5-7-17(34)28-18-21(36)33-19(24(39)40)16(12-41-22(18)33)42-25-29-30-31-32(25)4/h8-11,15,18,22H,5-7,12H2,1-4H3,(H,27,35)(H,28,34)(H,37,38)(H,39,40)/t15?,18?,22-/m0/s1. The number of aromatic nitrogens is 4. The highest BCUT2D eigenvalue weighted by molar-refractivity contribution is 8.06. The first-order valence-electron chi connectivity index (χ1n) is 13.0. The molecular weight excluding hydrogens is 586 g/mol. The van der Waals surface area contributed by atoms with Crippen LogP contribution in [0.15, 0.2) is 40.0 Å². The van der Waals surface area contributed by atoms with Crippen molar-refractivity contribution in [3.05, 3.63) is 46.0 Å². The number of amides is 3. The van der Waals surface area contributed by atoms with Crippen molar-refractivity contribution in [3.8, 4) is 0 Å². The summed E-state index contributed by atoms with van der Waals surface area (Å²) in [5.74, 6) is -3.79. The zero-order valence-corrected chi connectivity index (χ0v) is 25.0. The monoisotopic (exact) mass is 617 g/mol. The van der Waals surface area contributed by atoms with Gasteiger partial charge in [-0.25, -0.2) is 14.3 Å². The van der Waals surface area contributed by atoms with Gasteiger partial charge in [0, 0.05) is 29.7 Å². The molecule has 42 heavy (non-hydrogen) atoms. The summed E-state index contributed by atoms with van der Waals surface area (Å²) >= 11 is 2.37. The summed E-state index contributed by atoms with van der Waals surface area (Å²) in [6.45, 7) is 6.14. The van der Waals surface area contributed by atoms with Gasteiger partial charge in [-0.15, -0.1) is 16.9 Å². The lowest BCUT2D eigenvalue weighted by atomic mass is 9.86. The molecular formula is C26H31N7O7S2. The minimum absolute atomic E-state index is 0.000865. The summed E-state index contributed by atoms with van der Waals surface area (Å²) in [6, 6.07) is 4.82. The molecule has 2 aromatic rings. The number of benzene rings is 1. The van der Waals surface area contributed by atoms with Gasteiger partial charge in [-0.1, -0.05) is 32.9 Å². The van der Waals surface area contributed by atoms with Crippen LogP contribution in [0, 0.1) is 0 Å². The van der Waals surface area contributed by atoms with E-state index in [0.29, 0.717) is 15.6 Å². The fraction of sp³-hybridized carbons (Fsp3) is 0.462. The fourth-order valence-corrected chi connectivity index (χ4v) is 6.80. The Hall–Kier alpha value is -3.92. The highest BCUT2D eigenvalue weighted by Crippen LogP contribution is 2.44. The lowest BCUT2D eigenvalue weighted by Gasteiger charge is -2.49. The Morgan fingerprint density at radius 3 is 2.43 bits per heavy atom. The average Bonchev–Trinajstić information content (AvgIpc) is 3.34. The van der Waals surface area contributed by atoms with Gasteiger partial charge in [0.25, 0.3) is 11.8 Å². The number of nitrogens with zero attached hydrogens (tertiary/aromatic N) is 5. The van der Waals surface area contributed by atoms with E-state index in [9.17, 15) is 34.2 Å². The number of nitrogens with one attached hydrogen (secondary N) is 2. The Morgan fingerprint density at radius 1 is 1.17 bits per heavy atom. The Morgan fingerprint density at radius 2 is 1.86 bits per heavy atom. The van der Waals surface area contributed by atoms with Crippen LogP contribution >= 0.6 is 23.5 Å². The second kappa shape index (κ2) is 12.5. The number of carbonyl (C=O) groups excluding carboxylic acids is 3. The number of β-lactam (4-membered cyclic amide) rings is 1.